The van der Waals surface area contributed by atoms with E-state index in [9.17, 15) is 24.0 Å². The lowest BCUT2D eigenvalue weighted by Crippen LogP contribution is -2.18. The highest BCUT2D eigenvalue weighted by Gasteiger charge is 2.29. The van der Waals surface area contributed by atoms with Gasteiger partial charge < -0.3 is 24.8 Å². The maximum Gasteiger partial charge on any atom is 0.341 e. The molecule has 1 aromatic rings. The molecule has 1 fully saturated rings. The van der Waals surface area contributed by atoms with Crippen LogP contribution < -0.4 is 5.73 Å². The minimum absolute atomic E-state index is 0.145. The average molecular weight is 549 g/mol. The van der Waals surface area contributed by atoms with E-state index in [4.69, 9.17) is 15.7 Å². The quantitative estimate of drug-likeness (QED) is 0.452. The minimum atomic E-state index is -0.449. The first-order valence-corrected chi connectivity index (χ1v) is 13.9. The molecule has 1 aromatic heterocycles. The van der Waals surface area contributed by atoms with E-state index < -0.39 is 5.97 Å². The molecule has 0 radical (unpaired) electrons. The van der Waals surface area contributed by atoms with Gasteiger partial charge in [0.1, 0.15) is 28.8 Å². The van der Waals surface area contributed by atoms with Gasteiger partial charge >= 0.3 is 11.9 Å². The number of thiophene rings is 1. The van der Waals surface area contributed by atoms with Gasteiger partial charge in [0.05, 0.1) is 24.8 Å². The summed E-state index contributed by atoms with van der Waals surface area (Å²) in [5, 5.41) is 8.46. The van der Waals surface area contributed by atoms with Gasteiger partial charge in [0.15, 0.2) is 0 Å². The summed E-state index contributed by atoms with van der Waals surface area (Å²) in [7, 11) is 0. The largest absolute Gasteiger partial charge is 0.465 e. The summed E-state index contributed by atoms with van der Waals surface area (Å²) in [5.41, 5.74) is 7.50. The lowest BCUT2D eigenvalue weighted by atomic mass is 9.83. The van der Waals surface area contributed by atoms with Crippen molar-refractivity contribution in [3.8, 4) is 6.07 Å². The van der Waals surface area contributed by atoms with Crippen LogP contribution in [0.3, 0.4) is 0 Å². The molecule has 0 saturated heterocycles. The fraction of sp³-hybridized carbons (Fsp3) is 0.643. The highest BCUT2D eigenvalue weighted by Crippen LogP contribution is 2.39. The van der Waals surface area contributed by atoms with Crippen LogP contribution in [0.25, 0.3) is 0 Å². The van der Waals surface area contributed by atoms with Gasteiger partial charge in [0, 0.05) is 30.6 Å². The van der Waals surface area contributed by atoms with Gasteiger partial charge in [-0.15, -0.1) is 11.3 Å². The summed E-state index contributed by atoms with van der Waals surface area (Å²) < 4.78 is 9.49. The van der Waals surface area contributed by atoms with Crippen LogP contribution >= 0.6 is 11.3 Å². The number of nitrogens with two attached hydrogens (primary N) is 1. The van der Waals surface area contributed by atoms with Crippen LogP contribution in [0.1, 0.15) is 99.9 Å². The summed E-state index contributed by atoms with van der Waals surface area (Å²) in [6, 6.07) is 1.68. The van der Waals surface area contributed by atoms with Crippen LogP contribution in [0.4, 0.5) is 5.00 Å². The predicted octanol–water partition coefficient (Wildman–Crippen LogP) is 4.78. The number of fused-ring (bicyclic) bond motifs is 1. The second-order valence-corrected chi connectivity index (χ2v) is 10.7. The molecule has 2 N–H and O–H groups in total. The van der Waals surface area contributed by atoms with Gasteiger partial charge in [-0.3, -0.25) is 9.59 Å². The number of hydrogen-bond acceptors (Lipinski definition) is 10. The number of nitriles is 1. The van der Waals surface area contributed by atoms with E-state index in [1.807, 2.05) is 0 Å². The number of carbonyl (C=O) groups excluding carboxylic acids is 5. The maximum absolute atomic E-state index is 12.0. The number of anilines is 1. The Hall–Kier alpha value is -3.06. The summed E-state index contributed by atoms with van der Waals surface area (Å²) in [4.78, 5) is 56.2. The van der Waals surface area contributed by atoms with Crippen LogP contribution in [-0.4, -0.2) is 42.5 Å². The van der Waals surface area contributed by atoms with Crippen LogP contribution in [-0.2, 0) is 41.5 Å². The third kappa shape index (κ3) is 12.0. The van der Waals surface area contributed by atoms with E-state index in [0.29, 0.717) is 60.7 Å². The Bertz CT molecular complexity index is 1020. The molecule has 38 heavy (non-hydrogen) atoms. The first kappa shape index (κ1) is 33.0. The van der Waals surface area contributed by atoms with Crippen molar-refractivity contribution in [1.82, 2.24) is 0 Å². The van der Waals surface area contributed by atoms with E-state index in [1.165, 1.54) is 16.2 Å². The zero-order valence-corrected chi connectivity index (χ0v) is 23.7. The Balaban J connectivity index is 0.000000322. The standard InChI is InChI=1S/C14H19NO3S.C9H14O2.C5H7NO2/c1-3-18-14(17)12-10-7-9(6-8(2)16)4-5-11(10)19-13(12)15;1-7(10)5-8-3-2-4-9(11)6-8;1-2-8-5(7)3-4-6/h9H,3-7,15H2,1-2H3;8H,2-6H2,1H3;2-3H2,1H3. The van der Waals surface area contributed by atoms with Crippen LogP contribution in [0, 0.1) is 23.2 Å². The zero-order chi connectivity index (χ0) is 28.7. The summed E-state index contributed by atoms with van der Waals surface area (Å²) in [5.74, 6) is 0.651. The SMILES string of the molecule is CC(=O)CC1CCCC(=O)C1.CCOC(=O)CC#N.CCOC(=O)c1c(N)sc2c1CC(CC(C)=O)CC2. The lowest BCUT2D eigenvalue weighted by molar-refractivity contribution is -0.141. The second-order valence-electron chi connectivity index (χ2n) is 9.53. The van der Waals surface area contributed by atoms with Crippen molar-refractivity contribution in [2.24, 2.45) is 11.8 Å². The third-order valence-corrected chi connectivity index (χ3v) is 7.26. The van der Waals surface area contributed by atoms with Gasteiger partial charge in [0.25, 0.3) is 0 Å². The van der Waals surface area contributed by atoms with E-state index in [1.54, 1.807) is 33.8 Å². The molecule has 210 valence electrons. The monoisotopic (exact) mass is 548 g/mol. The number of nitrogen functional groups attached to an aromatic ring is 1. The Kier molecular flexibility index (Phi) is 15.1. The van der Waals surface area contributed by atoms with E-state index in [2.05, 4.69) is 4.74 Å². The van der Waals surface area contributed by atoms with Crippen molar-refractivity contribution in [2.75, 3.05) is 18.9 Å². The Morgan fingerprint density at radius 1 is 0.974 bits per heavy atom. The number of hydrogen-bond donors (Lipinski definition) is 1. The predicted molar refractivity (Wildman–Crippen MR) is 145 cm³/mol. The van der Waals surface area contributed by atoms with Crippen molar-refractivity contribution in [3.63, 3.8) is 0 Å². The smallest absolute Gasteiger partial charge is 0.341 e. The van der Waals surface area contributed by atoms with E-state index in [-0.39, 0.29) is 24.0 Å². The Morgan fingerprint density at radius 3 is 2.11 bits per heavy atom. The number of carbonyl (C=O) groups is 5. The van der Waals surface area contributed by atoms with E-state index in [0.717, 1.165) is 44.1 Å². The minimum Gasteiger partial charge on any atom is -0.465 e. The number of aryl methyl sites for hydroxylation is 1. The molecule has 0 bridgehead atoms. The number of nitrogens with zero attached hydrogens (tertiary/aromatic N) is 1. The summed E-state index contributed by atoms with van der Waals surface area (Å²) in [6.45, 7) is 7.39. The molecule has 0 amide bonds. The molecular formula is C28H40N2O7S. The van der Waals surface area contributed by atoms with Crippen LogP contribution in [0.5, 0.6) is 0 Å². The zero-order valence-electron chi connectivity index (χ0n) is 22.9. The molecule has 0 aromatic carbocycles. The van der Waals surface area contributed by atoms with Crippen LogP contribution in [0.2, 0.25) is 0 Å². The molecule has 0 spiro atoms. The molecule has 1 saturated carbocycles. The molecule has 2 unspecified atom stereocenters. The molecule has 3 rings (SSSR count). The van der Waals surface area contributed by atoms with Crippen molar-refractivity contribution in [1.29, 1.82) is 5.26 Å². The highest BCUT2D eigenvalue weighted by atomic mass is 32.1. The first-order chi connectivity index (χ1) is 18.0. The number of ketones is 3. The molecular weight excluding hydrogens is 508 g/mol. The normalized spacial score (nSPS) is 17.8. The topological polar surface area (TPSA) is 154 Å². The van der Waals surface area contributed by atoms with Gasteiger partial charge in [-0.1, -0.05) is 0 Å². The molecule has 10 heteroatoms. The molecule has 0 aliphatic heterocycles. The molecule has 2 aliphatic carbocycles. The molecule has 2 atom stereocenters. The van der Waals surface area contributed by atoms with Crippen molar-refractivity contribution < 1.29 is 33.4 Å². The maximum atomic E-state index is 12.0. The fourth-order valence-electron chi connectivity index (χ4n) is 4.66. The molecule has 2 aliphatic rings. The van der Waals surface area contributed by atoms with Gasteiger partial charge in [-0.25, -0.2) is 4.79 Å². The van der Waals surface area contributed by atoms with Gasteiger partial charge in [-0.2, -0.15) is 5.26 Å². The molecule has 1 heterocycles. The lowest BCUT2D eigenvalue weighted by Gasteiger charge is -2.21. The van der Waals surface area contributed by atoms with Gasteiger partial charge in [-0.05, 0) is 77.2 Å². The molecule has 9 nitrogen and oxygen atoms in total. The number of esters is 2. The van der Waals surface area contributed by atoms with E-state index >= 15 is 0 Å². The fourth-order valence-corrected chi connectivity index (χ4v) is 5.76. The average Bonchev–Trinajstić information content (AvgIpc) is 3.15. The summed E-state index contributed by atoms with van der Waals surface area (Å²) in [6.07, 6.45) is 7.11. The van der Waals surface area contributed by atoms with Crippen molar-refractivity contribution in [3.05, 3.63) is 16.0 Å². The Morgan fingerprint density at radius 2 is 1.58 bits per heavy atom. The van der Waals surface area contributed by atoms with Crippen molar-refractivity contribution >= 4 is 45.6 Å². The third-order valence-electron chi connectivity index (χ3n) is 6.14. The van der Waals surface area contributed by atoms with Gasteiger partial charge in [0.2, 0.25) is 0 Å². The number of ether oxygens (including phenoxy) is 2. The Labute approximate surface area is 229 Å². The van der Waals surface area contributed by atoms with Crippen molar-refractivity contribution in [2.45, 2.75) is 91.9 Å². The van der Waals surface area contributed by atoms with Crippen LogP contribution in [0.15, 0.2) is 0 Å². The highest BCUT2D eigenvalue weighted by molar-refractivity contribution is 7.16. The second kappa shape index (κ2) is 17.4. The number of rotatable bonds is 8. The number of Topliss-reactive ketones (excluding diaryl/α,β-unsaturated/α-hetero) is 3. The summed E-state index contributed by atoms with van der Waals surface area (Å²) >= 11 is 1.48. The first-order valence-electron chi connectivity index (χ1n) is 13.1.